The second-order valence-electron chi connectivity index (χ2n) is 10.6. The number of hydrogen-bond donors (Lipinski definition) is 0. The predicted octanol–water partition coefficient (Wildman–Crippen LogP) is 7.34. The van der Waals surface area contributed by atoms with E-state index >= 15 is 0 Å². The van der Waals surface area contributed by atoms with Crippen molar-refractivity contribution in [1.82, 2.24) is 4.90 Å². The molecule has 4 atom stereocenters. The molecule has 5 rings (SSSR count). The van der Waals surface area contributed by atoms with E-state index in [1.807, 2.05) is 127 Å². The smallest absolute Gasteiger partial charge is 0.410 e. The van der Waals surface area contributed by atoms with Crippen molar-refractivity contribution in [2.24, 2.45) is 0 Å². The summed E-state index contributed by atoms with van der Waals surface area (Å²) in [5, 5.41) is 0. The molecule has 1 saturated heterocycles. The van der Waals surface area contributed by atoms with Crippen LogP contribution in [0.1, 0.15) is 28.7 Å². The molecule has 0 aliphatic carbocycles. The maximum atomic E-state index is 13.7. The summed E-state index contributed by atoms with van der Waals surface area (Å²) < 4.78 is 25.7. The third-order valence-electron chi connectivity index (χ3n) is 7.57. The van der Waals surface area contributed by atoms with Crippen LogP contribution in [0, 0.1) is 0 Å². The zero-order chi connectivity index (χ0) is 29.7. The molecule has 0 aromatic heterocycles. The fourth-order valence-electron chi connectivity index (χ4n) is 5.35. The van der Waals surface area contributed by atoms with Gasteiger partial charge < -0.3 is 18.9 Å². The SMILES string of the molecule is C=CC[C@@H]1[C@H](OCc2ccccc2)[C@@H](OCc2ccccc2)[C@@H](OCc2ccccc2)CN1C(=O)OCc1ccccc1. The summed E-state index contributed by atoms with van der Waals surface area (Å²) >= 11 is 0. The van der Waals surface area contributed by atoms with E-state index in [0.29, 0.717) is 32.8 Å². The minimum absolute atomic E-state index is 0.177. The van der Waals surface area contributed by atoms with Gasteiger partial charge in [0.25, 0.3) is 0 Å². The Balaban J connectivity index is 1.43. The lowest BCUT2D eigenvalue weighted by molar-refractivity contribution is -0.197. The quantitative estimate of drug-likeness (QED) is 0.156. The van der Waals surface area contributed by atoms with Gasteiger partial charge >= 0.3 is 6.09 Å². The van der Waals surface area contributed by atoms with Crippen LogP contribution >= 0.6 is 0 Å². The Kier molecular flexibility index (Phi) is 11.1. The van der Waals surface area contributed by atoms with Crippen molar-refractivity contribution in [1.29, 1.82) is 0 Å². The number of benzene rings is 4. The third-order valence-corrected chi connectivity index (χ3v) is 7.57. The second-order valence-corrected chi connectivity index (χ2v) is 10.6. The number of carbonyl (C=O) groups excluding carboxylic acids is 1. The Morgan fingerprint density at radius 2 is 1.05 bits per heavy atom. The molecule has 1 amide bonds. The summed E-state index contributed by atoms with van der Waals surface area (Å²) in [6.45, 7) is 5.60. The molecule has 1 aliphatic heterocycles. The van der Waals surface area contributed by atoms with Gasteiger partial charge in [-0.2, -0.15) is 0 Å². The van der Waals surface area contributed by atoms with E-state index in [0.717, 1.165) is 22.3 Å². The summed E-state index contributed by atoms with van der Waals surface area (Å²) in [6.07, 6.45) is 0.502. The largest absolute Gasteiger partial charge is 0.445 e. The highest BCUT2D eigenvalue weighted by Crippen LogP contribution is 2.31. The molecule has 1 aliphatic rings. The van der Waals surface area contributed by atoms with Gasteiger partial charge in [-0.25, -0.2) is 4.79 Å². The molecule has 0 saturated carbocycles. The van der Waals surface area contributed by atoms with E-state index < -0.39 is 24.4 Å². The van der Waals surface area contributed by atoms with Gasteiger partial charge in [-0.1, -0.05) is 127 Å². The summed E-state index contributed by atoms with van der Waals surface area (Å²) in [6, 6.07) is 39.4. The number of hydrogen-bond acceptors (Lipinski definition) is 5. The molecule has 6 heteroatoms. The van der Waals surface area contributed by atoms with Crippen molar-refractivity contribution >= 4 is 6.09 Å². The van der Waals surface area contributed by atoms with Crippen molar-refractivity contribution < 1.29 is 23.7 Å². The summed E-state index contributed by atoms with van der Waals surface area (Å²) in [5.74, 6) is 0. The van der Waals surface area contributed by atoms with E-state index in [-0.39, 0.29) is 12.6 Å². The normalized spacial score (nSPS) is 20.0. The van der Waals surface area contributed by atoms with Crippen molar-refractivity contribution in [3.63, 3.8) is 0 Å². The molecule has 1 heterocycles. The number of nitrogens with zero attached hydrogens (tertiary/aromatic N) is 1. The number of amides is 1. The number of ether oxygens (including phenoxy) is 4. The van der Waals surface area contributed by atoms with Crippen LogP contribution in [0.15, 0.2) is 134 Å². The molecule has 0 radical (unpaired) electrons. The molecular formula is C37H39NO5. The molecular weight excluding hydrogens is 538 g/mol. The summed E-state index contributed by atoms with van der Waals surface area (Å²) in [7, 11) is 0. The van der Waals surface area contributed by atoms with E-state index in [1.54, 1.807) is 4.90 Å². The molecule has 4 aromatic carbocycles. The van der Waals surface area contributed by atoms with Crippen LogP contribution in [0.3, 0.4) is 0 Å². The van der Waals surface area contributed by atoms with E-state index in [4.69, 9.17) is 18.9 Å². The van der Waals surface area contributed by atoms with Gasteiger partial charge in [-0.15, -0.1) is 6.58 Å². The minimum Gasteiger partial charge on any atom is -0.445 e. The fraction of sp³-hybridized carbons (Fsp3) is 0.270. The van der Waals surface area contributed by atoms with Gasteiger partial charge in [0, 0.05) is 0 Å². The lowest BCUT2D eigenvalue weighted by atomic mass is 9.91. The zero-order valence-corrected chi connectivity index (χ0v) is 24.4. The van der Waals surface area contributed by atoms with Crippen molar-refractivity contribution in [2.45, 2.75) is 57.2 Å². The topological polar surface area (TPSA) is 57.2 Å². The number of likely N-dealkylation sites (tertiary alicyclic amines) is 1. The van der Waals surface area contributed by atoms with Gasteiger partial charge in [0.2, 0.25) is 0 Å². The first-order chi connectivity index (χ1) is 21.2. The molecule has 1 fully saturated rings. The average Bonchev–Trinajstić information content (AvgIpc) is 3.07. The molecule has 0 unspecified atom stereocenters. The summed E-state index contributed by atoms with van der Waals surface area (Å²) in [5.41, 5.74) is 4.05. The molecule has 0 N–H and O–H groups in total. The second kappa shape index (κ2) is 15.8. The molecule has 6 nitrogen and oxygen atoms in total. The molecule has 222 valence electrons. The van der Waals surface area contributed by atoms with Crippen LogP contribution < -0.4 is 0 Å². The Hall–Kier alpha value is -4.23. The van der Waals surface area contributed by atoms with Crippen LogP contribution in [0.25, 0.3) is 0 Å². The third kappa shape index (κ3) is 8.64. The molecule has 4 aromatic rings. The predicted molar refractivity (Wildman–Crippen MR) is 167 cm³/mol. The van der Waals surface area contributed by atoms with E-state index in [1.165, 1.54) is 0 Å². The van der Waals surface area contributed by atoms with Crippen molar-refractivity contribution in [3.05, 3.63) is 156 Å². The van der Waals surface area contributed by atoms with Crippen molar-refractivity contribution in [3.8, 4) is 0 Å². The Morgan fingerprint density at radius 1 is 0.628 bits per heavy atom. The first-order valence-corrected chi connectivity index (χ1v) is 14.8. The van der Waals surface area contributed by atoms with Crippen LogP contribution in [-0.2, 0) is 45.4 Å². The summed E-state index contributed by atoms with van der Waals surface area (Å²) in [4.78, 5) is 15.4. The Bertz CT molecular complexity index is 1380. The highest BCUT2D eigenvalue weighted by Gasteiger charge is 2.47. The monoisotopic (exact) mass is 577 g/mol. The average molecular weight is 578 g/mol. The van der Waals surface area contributed by atoms with Gasteiger partial charge in [0.1, 0.15) is 24.9 Å². The van der Waals surface area contributed by atoms with Gasteiger partial charge in [0.05, 0.1) is 32.4 Å². The number of rotatable bonds is 13. The maximum absolute atomic E-state index is 13.7. The first-order valence-electron chi connectivity index (χ1n) is 14.8. The van der Waals surface area contributed by atoms with Gasteiger partial charge in [-0.3, -0.25) is 4.90 Å². The Morgan fingerprint density at radius 3 is 1.51 bits per heavy atom. The van der Waals surface area contributed by atoms with Crippen LogP contribution in [0.5, 0.6) is 0 Å². The highest BCUT2D eigenvalue weighted by atomic mass is 16.6. The van der Waals surface area contributed by atoms with E-state index in [9.17, 15) is 4.79 Å². The highest BCUT2D eigenvalue weighted by molar-refractivity contribution is 5.68. The minimum atomic E-state index is -0.499. The molecule has 0 spiro atoms. The van der Waals surface area contributed by atoms with Gasteiger partial charge in [0.15, 0.2) is 0 Å². The number of piperidine rings is 1. The molecule has 0 bridgehead atoms. The number of carbonyl (C=O) groups is 1. The standard InChI is InChI=1S/C37H39NO5/c1-2-15-33-35(41-26-30-18-9-4-10-19-30)36(42-27-31-20-11-5-12-21-31)34(40-25-29-16-7-3-8-17-29)24-38(33)37(39)43-28-32-22-13-6-14-23-32/h2-14,16-23,33-36H,1,15,24-28H2/t33-,34+,35+,36+/m1/s1. The van der Waals surface area contributed by atoms with Crippen molar-refractivity contribution in [2.75, 3.05) is 6.54 Å². The molecule has 43 heavy (non-hydrogen) atoms. The van der Waals surface area contributed by atoms with Crippen LogP contribution in [0.4, 0.5) is 4.79 Å². The maximum Gasteiger partial charge on any atom is 0.410 e. The lowest BCUT2D eigenvalue weighted by Gasteiger charge is -2.47. The van der Waals surface area contributed by atoms with Crippen LogP contribution in [-0.4, -0.2) is 41.9 Å². The first kappa shape index (κ1) is 30.2. The van der Waals surface area contributed by atoms with E-state index in [2.05, 4.69) is 6.58 Å². The van der Waals surface area contributed by atoms with Crippen LogP contribution in [0.2, 0.25) is 0 Å². The zero-order valence-electron chi connectivity index (χ0n) is 24.4. The lowest BCUT2D eigenvalue weighted by Crippen LogP contribution is -2.64. The fourth-order valence-corrected chi connectivity index (χ4v) is 5.35. The Labute approximate surface area is 254 Å². The van der Waals surface area contributed by atoms with Gasteiger partial charge in [-0.05, 0) is 28.7 Å².